The van der Waals surface area contributed by atoms with Crippen molar-refractivity contribution in [3.05, 3.63) is 106 Å². The molecular formula is C31H25ClN4O3. The lowest BCUT2D eigenvalue weighted by atomic mass is 9.99. The molecule has 0 bridgehead atoms. The van der Waals surface area contributed by atoms with E-state index in [-0.39, 0.29) is 11.8 Å². The summed E-state index contributed by atoms with van der Waals surface area (Å²) in [6.45, 7) is 3.98. The second-order valence-corrected chi connectivity index (χ2v) is 10.3. The molecule has 2 N–H and O–H groups in total. The number of aryl methyl sites for hydroxylation is 2. The summed E-state index contributed by atoms with van der Waals surface area (Å²) in [5.41, 5.74) is 6.54. The Hall–Kier alpha value is -4.49. The average Bonchev–Trinajstić information content (AvgIpc) is 3.67. The van der Waals surface area contributed by atoms with Gasteiger partial charge in [0.2, 0.25) is 5.88 Å². The van der Waals surface area contributed by atoms with Gasteiger partial charge in [0.25, 0.3) is 11.8 Å². The number of pyridine rings is 1. The Balaban J connectivity index is 1.28. The van der Waals surface area contributed by atoms with Crippen molar-refractivity contribution < 1.29 is 14.1 Å². The van der Waals surface area contributed by atoms with Crippen LogP contribution in [0.25, 0.3) is 22.2 Å². The molecule has 1 saturated carbocycles. The van der Waals surface area contributed by atoms with E-state index in [1.165, 1.54) is 0 Å². The second kappa shape index (κ2) is 10.0. The topological polar surface area (TPSA) is 97.1 Å². The first-order chi connectivity index (χ1) is 18.9. The molecule has 0 unspecified atom stereocenters. The third-order valence-corrected chi connectivity index (χ3v) is 7.22. The van der Waals surface area contributed by atoms with Crippen LogP contribution in [0.1, 0.15) is 56.2 Å². The van der Waals surface area contributed by atoms with Gasteiger partial charge >= 0.3 is 0 Å². The maximum absolute atomic E-state index is 13.6. The summed E-state index contributed by atoms with van der Waals surface area (Å²) in [5.74, 6) is 0.208. The smallest absolute Gasteiger partial charge is 0.258 e. The summed E-state index contributed by atoms with van der Waals surface area (Å²) in [7, 11) is 0. The highest BCUT2D eigenvalue weighted by Crippen LogP contribution is 2.43. The number of aromatic nitrogens is 2. The number of carbonyl (C=O) groups is 2. The van der Waals surface area contributed by atoms with Gasteiger partial charge in [-0.1, -0.05) is 46.6 Å². The summed E-state index contributed by atoms with van der Waals surface area (Å²) < 4.78 is 5.23. The highest BCUT2D eigenvalue weighted by atomic mass is 35.5. The number of halogens is 1. The Kier molecular flexibility index (Phi) is 6.37. The normalized spacial score (nSPS) is 12.9. The van der Waals surface area contributed by atoms with Crippen molar-refractivity contribution in [3.63, 3.8) is 0 Å². The molecule has 6 rings (SSSR count). The number of hydrogen-bond donors (Lipinski definition) is 2. The van der Waals surface area contributed by atoms with Crippen LogP contribution in [-0.2, 0) is 0 Å². The van der Waals surface area contributed by atoms with Gasteiger partial charge in [0.1, 0.15) is 0 Å². The van der Waals surface area contributed by atoms with Crippen LogP contribution in [0.2, 0.25) is 5.02 Å². The van der Waals surface area contributed by atoms with E-state index in [9.17, 15) is 9.59 Å². The van der Waals surface area contributed by atoms with Crippen LogP contribution in [0.15, 0.2) is 77.4 Å². The number of amides is 2. The van der Waals surface area contributed by atoms with Crippen LogP contribution < -0.4 is 10.6 Å². The number of nitrogens with one attached hydrogen (secondary N) is 2. The van der Waals surface area contributed by atoms with E-state index < -0.39 is 0 Å². The lowest BCUT2D eigenvalue weighted by molar-refractivity contribution is 0.101. The highest BCUT2D eigenvalue weighted by Gasteiger charge is 2.29. The number of hydrogen-bond acceptors (Lipinski definition) is 5. The van der Waals surface area contributed by atoms with Gasteiger partial charge in [-0.05, 0) is 80.6 Å². The first kappa shape index (κ1) is 24.8. The Morgan fingerprint density at radius 2 is 1.72 bits per heavy atom. The van der Waals surface area contributed by atoms with Crippen molar-refractivity contribution in [2.24, 2.45) is 0 Å². The van der Waals surface area contributed by atoms with Gasteiger partial charge in [-0.3, -0.25) is 14.9 Å². The highest BCUT2D eigenvalue weighted by molar-refractivity contribution is 6.33. The Morgan fingerprint density at radius 1 is 0.949 bits per heavy atom. The van der Waals surface area contributed by atoms with Crippen molar-refractivity contribution in [1.29, 1.82) is 0 Å². The van der Waals surface area contributed by atoms with Crippen molar-refractivity contribution in [1.82, 2.24) is 10.1 Å². The molecule has 2 heterocycles. The SMILES string of the molecule is Cc1cc(C)c2nc(-c3ccccc3Cl)cc(C(=O)Nc3ccc(C(=O)Nc4oncc4C4CC4)cc3)c2c1. The summed E-state index contributed by atoms with van der Waals surface area (Å²) in [5, 5.41) is 10.9. The van der Waals surface area contributed by atoms with Crippen LogP contribution in [-0.4, -0.2) is 22.0 Å². The summed E-state index contributed by atoms with van der Waals surface area (Å²) in [6.07, 6.45) is 3.81. The van der Waals surface area contributed by atoms with Crippen molar-refractivity contribution in [2.75, 3.05) is 10.6 Å². The Bertz CT molecular complexity index is 1740. The molecule has 3 aromatic carbocycles. The molecule has 5 aromatic rings. The molecule has 0 spiro atoms. The molecule has 2 amide bonds. The zero-order chi connectivity index (χ0) is 27.1. The van der Waals surface area contributed by atoms with Crippen LogP contribution in [0.5, 0.6) is 0 Å². The lowest BCUT2D eigenvalue weighted by Gasteiger charge is -2.14. The van der Waals surface area contributed by atoms with E-state index in [0.29, 0.717) is 39.3 Å². The van der Waals surface area contributed by atoms with Gasteiger partial charge in [0.15, 0.2) is 0 Å². The minimum atomic E-state index is -0.304. The van der Waals surface area contributed by atoms with E-state index in [1.807, 2.05) is 44.2 Å². The van der Waals surface area contributed by atoms with Crippen molar-refractivity contribution >= 4 is 45.9 Å². The first-order valence-corrected chi connectivity index (χ1v) is 13.1. The molecule has 8 heteroatoms. The Labute approximate surface area is 230 Å². The number of rotatable bonds is 6. The summed E-state index contributed by atoms with van der Waals surface area (Å²) >= 11 is 6.47. The molecule has 0 atom stereocenters. The molecule has 0 saturated heterocycles. The van der Waals surface area contributed by atoms with E-state index in [0.717, 1.165) is 46.0 Å². The fourth-order valence-corrected chi connectivity index (χ4v) is 5.01. The molecular weight excluding hydrogens is 512 g/mol. The second-order valence-electron chi connectivity index (χ2n) is 9.88. The van der Waals surface area contributed by atoms with Gasteiger partial charge in [-0.15, -0.1) is 0 Å². The molecule has 39 heavy (non-hydrogen) atoms. The van der Waals surface area contributed by atoms with E-state index >= 15 is 0 Å². The van der Waals surface area contributed by atoms with Gasteiger partial charge < -0.3 is 9.84 Å². The van der Waals surface area contributed by atoms with Crippen molar-refractivity contribution in [2.45, 2.75) is 32.6 Å². The van der Waals surface area contributed by atoms with Crippen LogP contribution in [0.4, 0.5) is 11.6 Å². The van der Waals surface area contributed by atoms with Gasteiger partial charge in [-0.25, -0.2) is 4.98 Å². The number of nitrogens with zero attached hydrogens (tertiary/aromatic N) is 2. The largest absolute Gasteiger partial charge is 0.338 e. The average molecular weight is 537 g/mol. The van der Waals surface area contributed by atoms with E-state index in [1.54, 1.807) is 42.6 Å². The van der Waals surface area contributed by atoms with Crippen LogP contribution in [0, 0.1) is 13.8 Å². The molecule has 1 fully saturated rings. The summed E-state index contributed by atoms with van der Waals surface area (Å²) in [4.78, 5) is 31.2. The molecule has 0 radical (unpaired) electrons. The van der Waals surface area contributed by atoms with E-state index in [2.05, 4.69) is 15.8 Å². The van der Waals surface area contributed by atoms with Crippen LogP contribution >= 0.6 is 11.6 Å². The maximum Gasteiger partial charge on any atom is 0.258 e. The number of anilines is 2. The number of fused-ring (bicyclic) bond motifs is 1. The zero-order valence-electron chi connectivity index (χ0n) is 21.4. The third-order valence-electron chi connectivity index (χ3n) is 6.89. The zero-order valence-corrected chi connectivity index (χ0v) is 22.2. The van der Waals surface area contributed by atoms with Gasteiger partial charge in [-0.2, -0.15) is 0 Å². The fraction of sp³-hybridized carbons (Fsp3) is 0.161. The molecule has 1 aliphatic carbocycles. The number of benzene rings is 3. The molecule has 0 aliphatic heterocycles. The van der Waals surface area contributed by atoms with E-state index in [4.69, 9.17) is 21.1 Å². The quantitative estimate of drug-likeness (QED) is 0.233. The number of carbonyl (C=O) groups excluding carboxylic acids is 2. The monoisotopic (exact) mass is 536 g/mol. The van der Waals surface area contributed by atoms with Gasteiger partial charge in [0.05, 0.1) is 23.0 Å². The Morgan fingerprint density at radius 3 is 2.46 bits per heavy atom. The predicted molar refractivity (Wildman–Crippen MR) is 152 cm³/mol. The first-order valence-electron chi connectivity index (χ1n) is 12.7. The van der Waals surface area contributed by atoms with Gasteiger partial charge in [0, 0.05) is 32.8 Å². The third kappa shape index (κ3) is 5.01. The maximum atomic E-state index is 13.6. The standard InChI is InChI=1S/C31H25ClN4O3/c1-17-13-18(2)28-23(14-17)24(15-27(35-28)22-5-3-4-6-26(22)32)30(38)34-21-11-9-20(10-12-21)29(37)36-31-25(16-33-39-31)19-7-8-19/h3-6,9-16,19H,7-8H2,1-2H3,(H,34,38)(H,36,37). The lowest BCUT2D eigenvalue weighted by Crippen LogP contribution is -2.15. The minimum absolute atomic E-state index is 0.284. The molecule has 1 aliphatic rings. The minimum Gasteiger partial charge on any atom is -0.338 e. The molecule has 7 nitrogen and oxygen atoms in total. The van der Waals surface area contributed by atoms with Crippen molar-refractivity contribution in [3.8, 4) is 11.3 Å². The molecule has 2 aromatic heterocycles. The van der Waals surface area contributed by atoms with Crippen LogP contribution in [0.3, 0.4) is 0 Å². The summed E-state index contributed by atoms with van der Waals surface area (Å²) in [6, 6.07) is 19.9. The molecule has 194 valence electrons. The predicted octanol–water partition coefficient (Wildman–Crippen LogP) is 7.54. The fourth-order valence-electron chi connectivity index (χ4n) is 4.78.